The molecule has 1 aromatic heterocycles. The van der Waals surface area contributed by atoms with Crippen LogP contribution in [0.2, 0.25) is 0 Å². The SMILES string of the molecule is Cc1nnc(N2N=C(c3ccc(N)c(C)c3)c3cc4c(cc3CC2C)OCO4)s1. The van der Waals surface area contributed by atoms with Crippen LogP contribution in [0.15, 0.2) is 35.4 Å². The van der Waals surface area contributed by atoms with Crippen LogP contribution in [0.1, 0.15) is 34.2 Å². The molecule has 5 rings (SSSR count). The monoisotopic (exact) mass is 407 g/mol. The Morgan fingerprint density at radius 2 is 1.90 bits per heavy atom. The molecule has 0 fully saturated rings. The lowest BCUT2D eigenvalue weighted by molar-refractivity contribution is 0.174. The van der Waals surface area contributed by atoms with Gasteiger partial charge in [-0.25, -0.2) is 5.01 Å². The summed E-state index contributed by atoms with van der Waals surface area (Å²) in [4.78, 5) is 0. The van der Waals surface area contributed by atoms with Crippen molar-refractivity contribution in [3.8, 4) is 11.5 Å². The maximum Gasteiger partial charge on any atom is 0.231 e. The predicted octanol–water partition coefficient (Wildman–Crippen LogP) is 3.67. The van der Waals surface area contributed by atoms with Crippen molar-refractivity contribution in [1.29, 1.82) is 0 Å². The summed E-state index contributed by atoms with van der Waals surface area (Å²) in [6.07, 6.45) is 0.797. The van der Waals surface area contributed by atoms with Gasteiger partial charge in [-0.1, -0.05) is 17.4 Å². The molecule has 2 aromatic carbocycles. The van der Waals surface area contributed by atoms with Crippen LogP contribution in [0.25, 0.3) is 0 Å². The minimum Gasteiger partial charge on any atom is -0.454 e. The molecular weight excluding hydrogens is 386 g/mol. The van der Waals surface area contributed by atoms with E-state index >= 15 is 0 Å². The molecule has 29 heavy (non-hydrogen) atoms. The van der Waals surface area contributed by atoms with E-state index in [-0.39, 0.29) is 12.8 Å². The number of aromatic nitrogens is 2. The molecule has 0 spiro atoms. The van der Waals surface area contributed by atoms with Gasteiger partial charge in [-0.2, -0.15) is 5.10 Å². The Bertz CT molecular complexity index is 1140. The Balaban J connectivity index is 1.72. The van der Waals surface area contributed by atoms with Crippen molar-refractivity contribution in [2.75, 3.05) is 17.5 Å². The van der Waals surface area contributed by atoms with Gasteiger partial charge in [-0.05, 0) is 62.6 Å². The van der Waals surface area contributed by atoms with Gasteiger partial charge in [0.05, 0.1) is 11.8 Å². The van der Waals surface area contributed by atoms with Gasteiger partial charge >= 0.3 is 0 Å². The first-order valence-corrected chi connectivity index (χ1v) is 10.3. The van der Waals surface area contributed by atoms with Crippen LogP contribution in [0, 0.1) is 13.8 Å². The Labute approximate surface area is 172 Å². The Kier molecular flexibility index (Phi) is 4.16. The third-order valence-corrected chi connectivity index (χ3v) is 6.08. The molecule has 0 aliphatic carbocycles. The first-order valence-electron chi connectivity index (χ1n) is 9.47. The van der Waals surface area contributed by atoms with Crippen LogP contribution in [0.5, 0.6) is 11.5 Å². The molecule has 148 valence electrons. The standard InChI is InChI=1S/C21H21N5O2S/c1-11-6-14(4-5-17(11)22)20-16-9-19-18(27-10-28-19)8-15(16)7-12(2)26(25-20)21-24-23-13(3)29-21/h4-6,8-9,12H,7,10,22H2,1-3H3. The van der Waals surface area contributed by atoms with Gasteiger partial charge in [0.15, 0.2) is 11.5 Å². The summed E-state index contributed by atoms with van der Waals surface area (Å²) in [6, 6.07) is 10.2. The average molecular weight is 407 g/mol. The first kappa shape index (κ1) is 17.9. The van der Waals surface area contributed by atoms with Crippen molar-refractivity contribution >= 4 is 27.9 Å². The van der Waals surface area contributed by atoms with Gasteiger partial charge in [0, 0.05) is 16.8 Å². The van der Waals surface area contributed by atoms with Gasteiger partial charge in [0.2, 0.25) is 11.9 Å². The van der Waals surface area contributed by atoms with E-state index in [0.717, 1.165) is 56.1 Å². The fourth-order valence-corrected chi connectivity index (χ4v) is 4.43. The zero-order valence-electron chi connectivity index (χ0n) is 16.5. The van der Waals surface area contributed by atoms with Crippen LogP contribution in [-0.4, -0.2) is 28.7 Å². The van der Waals surface area contributed by atoms with Crippen molar-refractivity contribution in [3.63, 3.8) is 0 Å². The number of nitrogen functional groups attached to an aromatic ring is 1. The summed E-state index contributed by atoms with van der Waals surface area (Å²) in [7, 11) is 0. The fourth-order valence-electron chi connectivity index (χ4n) is 3.68. The van der Waals surface area contributed by atoms with Gasteiger partial charge in [0.25, 0.3) is 0 Å². The Hall–Kier alpha value is -3.13. The van der Waals surface area contributed by atoms with Crippen molar-refractivity contribution in [2.24, 2.45) is 5.10 Å². The van der Waals surface area contributed by atoms with Gasteiger partial charge in [-0.3, -0.25) is 0 Å². The van der Waals surface area contributed by atoms with E-state index in [1.54, 1.807) is 0 Å². The highest BCUT2D eigenvalue weighted by Gasteiger charge is 2.29. The molecule has 1 atom stereocenters. The number of nitrogens with two attached hydrogens (primary N) is 1. The Morgan fingerprint density at radius 1 is 1.10 bits per heavy atom. The van der Waals surface area contributed by atoms with Crippen molar-refractivity contribution in [2.45, 2.75) is 33.2 Å². The number of benzene rings is 2. The third-order valence-electron chi connectivity index (χ3n) is 5.25. The molecule has 2 aliphatic heterocycles. The van der Waals surface area contributed by atoms with Gasteiger partial charge in [-0.15, -0.1) is 10.2 Å². The average Bonchev–Trinajstić information content (AvgIpc) is 3.29. The van der Waals surface area contributed by atoms with Crippen molar-refractivity contribution < 1.29 is 9.47 Å². The highest BCUT2D eigenvalue weighted by atomic mass is 32.1. The molecule has 2 aliphatic rings. The van der Waals surface area contributed by atoms with E-state index in [9.17, 15) is 0 Å². The maximum atomic E-state index is 6.06. The molecule has 2 N–H and O–H groups in total. The molecular formula is C21H21N5O2S. The van der Waals surface area contributed by atoms with Crippen LogP contribution in [-0.2, 0) is 6.42 Å². The number of hydrogen-bond donors (Lipinski definition) is 1. The van der Waals surface area contributed by atoms with Gasteiger partial charge < -0.3 is 15.2 Å². The normalized spacial score (nSPS) is 17.7. The summed E-state index contributed by atoms with van der Waals surface area (Å²) in [6.45, 7) is 6.35. The van der Waals surface area contributed by atoms with Crippen LogP contribution < -0.4 is 20.2 Å². The second kappa shape index (κ2) is 6.73. The predicted molar refractivity (Wildman–Crippen MR) is 114 cm³/mol. The minimum absolute atomic E-state index is 0.105. The highest BCUT2D eigenvalue weighted by molar-refractivity contribution is 7.15. The molecule has 0 amide bonds. The number of anilines is 2. The van der Waals surface area contributed by atoms with E-state index in [4.69, 9.17) is 20.3 Å². The third kappa shape index (κ3) is 3.09. The largest absolute Gasteiger partial charge is 0.454 e. The summed E-state index contributed by atoms with van der Waals surface area (Å²) >= 11 is 1.54. The number of nitrogens with zero attached hydrogens (tertiary/aromatic N) is 4. The maximum absolute atomic E-state index is 6.06. The van der Waals surface area contributed by atoms with Crippen LogP contribution in [0.3, 0.4) is 0 Å². The minimum atomic E-state index is 0.105. The van der Waals surface area contributed by atoms with Gasteiger partial charge in [0.1, 0.15) is 5.01 Å². The lowest BCUT2D eigenvalue weighted by Crippen LogP contribution is -2.29. The molecule has 7 nitrogen and oxygen atoms in total. The number of rotatable bonds is 2. The number of hydrazone groups is 1. The number of aryl methyl sites for hydroxylation is 2. The zero-order valence-corrected chi connectivity index (χ0v) is 17.3. The smallest absolute Gasteiger partial charge is 0.231 e. The van der Waals surface area contributed by atoms with Crippen LogP contribution >= 0.6 is 11.3 Å². The second-order valence-corrected chi connectivity index (χ2v) is 8.54. The quantitative estimate of drug-likeness (QED) is 0.653. The van der Waals surface area contributed by atoms with Crippen molar-refractivity contribution in [1.82, 2.24) is 10.2 Å². The molecule has 3 aromatic rings. The first-order chi connectivity index (χ1) is 14.0. The summed E-state index contributed by atoms with van der Waals surface area (Å²) in [5.41, 5.74) is 11.9. The molecule has 1 unspecified atom stereocenters. The molecule has 8 heteroatoms. The molecule has 3 heterocycles. The molecule has 0 radical (unpaired) electrons. The van der Waals surface area contributed by atoms with Crippen LogP contribution in [0.4, 0.5) is 10.8 Å². The number of ether oxygens (including phenoxy) is 2. The lowest BCUT2D eigenvalue weighted by Gasteiger charge is -2.22. The van der Waals surface area contributed by atoms with E-state index < -0.39 is 0 Å². The topological polar surface area (TPSA) is 85.9 Å². The van der Waals surface area contributed by atoms with E-state index in [0.29, 0.717) is 0 Å². The molecule has 0 bridgehead atoms. The summed E-state index contributed by atoms with van der Waals surface area (Å²) in [5, 5.41) is 17.3. The molecule has 0 saturated heterocycles. The summed E-state index contributed by atoms with van der Waals surface area (Å²) < 4.78 is 11.3. The second-order valence-electron chi connectivity index (χ2n) is 7.38. The lowest BCUT2D eigenvalue weighted by atomic mass is 9.93. The number of hydrogen-bond acceptors (Lipinski definition) is 8. The number of fused-ring (bicyclic) bond motifs is 2. The fraction of sp³-hybridized carbons (Fsp3) is 0.286. The van der Waals surface area contributed by atoms with Crippen molar-refractivity contribution in [3.05, 3.63) is 57.6 Å². The van der Waals surface area contributed by atoms with E-state index in [2.05, 4.69) is 29.3 Å². The zero-order chi connectivity index (χ0) is 20.1. The highest BCUT2D eigenvalue weighted by Crippen LogP contribution is 2.38. The molecule has 0 saturated carbocycles. The Morgan fingerprint density at radius 3 is 2.62 bits per heavy atom. The van der Waals surface area contributed by atoms with E-state index in [1.165, 1.54) is 16.9 Å². The van der Waals surface area contributed by atoms with E-state index in [1.807, 2.05) is 37.1 Å². The summed E-state index contributed by atoms with van der Waals surface area (Å²) in [5.74, 6) is 1.53.